The number of benzene rings is 2. The normalized spacial score (nSPS) is 14.3. The van der Waals surface area contributed by atoms with Crippen LogP contribution >= 0.6 is 15.9 Å². The molecule has 27 heavy (non-hydrogen) atoms. The number of carbonyl (C=O) groups excluding carboxylic acids is 2. The number of phenolic OH excluding ortho intramolecular Hbond substituents is 1. The molecule has 1 aliphatic rings. The van der Waals surface area contributed by atoms with Crippen molar-refractivity contribution in [1.82, 2.24) is 4.90 Å². The number of hydrogen-bond acceptors (Lipinski definition) is 3. The lowest BCUT2D eigenvalue weighted by Gasteiger charge is -2.20. The Morgan fingerprint density at radius 3 is 2.07 bits per heavy atom. The highest BCUT2D eigenvalue weighted by Crippen LogP contribution is 2.24. The Bertz CT molecular complexity index is 816. The summed E-state index contributed by atoms with van der Waals surface area (Å²) in [6.45, 7) is 1.58. The van der Waals surface area contributed by atoms with E-state index in [0.717, 1.165) is 25.9 Å². The second-order valence-electron chi connectivity index (χ2n) is 6.52. The van der Waals surface area contributed by atoms with E-state index in [1.165, 1.54) is 18.9 Å². The molecule has 1 heterocycles. The van der Waals surface area contributed by atoms with Crippen LogP contribution in [-0.4, -0.2) is 35.0 Å². The highest BCUT2D eigenvalue weighted by molar-refractivity contribution is 9.10. The number of likely N-dealkylation sites (tertiary alicyclic amines) is 1. The zero-order valence-electron chi connectivity index (χ0n) is 14.9. The number of phenols is 1. The number of anilines is 2. The minimum absolute atomic E-state index is 0.0894. The molecule has 0 saturated carbocycles. The summed E-state index contributed by atoms with van der Waals surface area (Å²) in [7, 11) is 0. The van der Waals surface area contributed by atoms with Gasteiger partial charge in [0.15, 0.2) is 0 Å². The molecular weight excluding hydrogens is 410 g/mol. The molecule has 142 valence electrons. The van der Waals surface area contributed by atoms with Crippen LogP contribution in [0.1, 0.15) is 36.0 Å². The molecule has 2 aromatic carbocycles. The van der Waals surface area contributed by atoms with Gasteiger partial charge in [0.1, 0.15) is 5.75 Å². The van der Waals surface area contributed by atoms with Crippen molar-refractivity contribution in [3.8, 4) is 5.75 Å². The summed E-state index contributed by atoms with van der Waals surface area (Å²) in [5, 5.41) is 15.5. The number of nitrogens with zero attached hydrogens (tertiary/aromatic N) is 1. The Balaban J connectivity index is 1.59. The summed E-state index contributed by atoms with van der Waals surface area (Å²) >= 11 is 3.24. The maximum Gasteiger partial charge on any atom is 0.321 e. The van der Waals surface area contributed by atoms with Crippen molar-refractivity contribution < 1.29 is 14.7 Å². The van der Waals surface area contributed by atoms with Crippen molar-refractivity contribution in [1.29, 1.82) is 0 Å². The quantitative estimate of drug-likeness (QED) is 0.651. The lowest BCUT2D eigenvalue weighted by atomic mass is 10.2. The minimum Gasteiger partial charge on any atom is -0.507 e. The van der Waals surface area contributed by atoms with Crippen LogP contribution in [0, 0.1) is 0 Å². The van der Waals surface area contributed by atoms with Gasteiger partial charge in [0.2, 0.25) is 0 Å². The smallest absolute Gasteiger partial charge is 0.321 e. The first kappa shape index (κ1) is 19.2. The fourth-order valence-corrected chi connectivity index (χ4v) is 3.36. The van der Waals surface area contributed by atoms with E-state index in [4.69, 9.17) is 0 Å². The van der Waals surface area contributed by atoms with E-state index in [1.807, 2.05) is 4.90 Å². The predicted molar refractivity (Wildman–Crippen MR) is 109 cm³/mol. The Morgan fingerprint density at radius 1 is 0.889 bits per heavy atom. The van der Waals surface area contributed by atoms with E-state index in [0.29, 0.717) is 15.8 Å². The molecule has 0 atom stereocenters. The molecule has 3 N–H and O–H groups in total. The molecule has 0 unspecified atom stereocenters. The van der Waals surface area contributed by atoms with Gasteiger partial charge in [-0.1, -0.05) is 28.8 Å². The van der Waals surface area contributed by atoms with Gasteiger partial charge in [0.05, 0.1) is 5.56 Å². The van der Waals surface area contributed by atoms with Gasteiger partial charge in [-0.25, -0.2) is 4.79 Å². The molecule has 2 aromatic rings. The van der Waals surface area contributed by atoms with E-state index >= 15 is 0 Å². The SMILES string of the molecule is O=C(Nc1ccc(NC(=O)N2CCCCCC2)cc1)c1ccc(Br)cc1O. The zero-order chi connectivity index (χ0) is 19.2. The van der Waals surface area contributed by atoms with E-state index in [9.17, 15) is 14.7 Å². The van der Waals surface area contributed by atoms with Crippen molar-refractivity contribution in [2.24, 2.45) is 0 Å². The van der Waals surface area contributed by atoms with Gasteiger partial charge in [-0.15, -0.1) is 0 Å². The Labute approximate surface area is 166 Å². The molecule has 1 saturated heterocycles. The van der Waals surface area contributed by atoms with Crippen LogP contribution in [0.15, 0.2) is 46.9 Å². The number of hydrogen-bond donors (Lipinski definition) is 3. The molecule has 7 heteroatoms. The molecule has 0 spiro atoms. The number of aromatic hydroxyl groups is 1. The van der Waals surface area contributed by atoms with E-state index in [2.05, 4.69) is 26.6 Å². The number of halogens is 1. The van der Waals surface area contributed by atoms with Crippen molar-refractivity contribution >= 4 is 39.2 Å². The van der Waals surface area contributed by atoms with Gasteiger partial charge in [0, 0.05) is 28.9 Å². The third-order valence-corrected chi connectivity index (χ3v) is 4.98. The third kappa shape index (κ3) is 5.23. The molecule has 6 nitrogen and oxygen atoms in total. The maximum atomic E-state index is 12.3. The highest BCUT2D eigenvalue weighted by Gasteiger charge is 2.16. The topological polar surface area (TPSA) is 81.7 Å². The highest BCUT2D eigenvalue weighted by atomic mass is 79.9. The fraction of sp³-hybridized carbons (Fsp3) is 0.300. The summed E-state index contributed by atoms with van der Waals surface area (Å²) in [5.74, 6) is -0.496. The van der Waals surface area contributed by atoms with Crippen molar-refractivity contribution in [3.05, 3.63) is 52.5 Å². The van der Waals surface area contributed by atoms with Crippen molar-refractivity contribution in [2.45, 2.75) is 25.7 Å². The predicted octanol–water partition coefficient (Wildman–Crippen LogP) is 4.81. The van der Waals surface area contributed by atoms with Crippen molar-refractivity contribution in [2.75, 3.05) is 23.7 Å². The largest absolute Gasteiger partial charge is 0.507 e. The molecule has 1 fully saturated rings. The third-order valence-electron chi connectivity index (χ3n) is 4.49. The van der Waals surface area contributed by atoms with E-state index in [-0.39, 0.29) is 17.3 Å². The van der Waals surface area contributed by atoms with Crippen LogP contribution in [0.5, 0.6) is 5.75 Å². The number of nitrogens with one attached hydrogen (secondary N) is 2. The van der Waals surface area contributed by atoms with Gasteiger partial charge in [-0.2, -0.15) is 0 Å². The van der Waals surface area contributed by atoms with Crippen LogP contribution in [0.3, 0.4) is 0 Å². The van der Waals surface area contributed by atoms with Crippen LogP contribution in [0.4, 0.5) is 16.2 Å². The Hall–Kier alpha value is -2.54. The summed E-state index contributed by atoms with van der Waals surface area (Å²) in [5.41, 5.74) is 1.44. The first-order chi connectivity index (χ1) is 13.0. The summed E-state index contributed by atoms with van der Waals surface area (Å²) in [6.07, 6.45) is 4.43. The molecule has 0 aliphatic carbocycles. The summed E-state index contributed by atoms with van der Waals surface area (Å²) in [4.78, 5) is 26.5. The minimum atomic E-state index is -0.402. The van der Waals surface area contributed by atoms with Crippen LogP contribution < -0.4 is 10.6 Å². The van der Waals surface area contributed by atoms with Crippen LogP contribution in [0.25, 0.3) is 0 Å². The molecule has 0 radical (unpaired) electrons. The standard InChI is InChI=1S/C20H22BrN3O3/c21-14-5-10-17(18(25)13-14)19(26)22-15-6-8-16(9-7-15)23-20(27)24-11-3-1-2-4-12-24/h5-10,13,25H,1-4,11-12H2,(H,22,26)(H,23,27). The van der Waals surface area contributed by atoms with Gasteiger partial charge >= 0.3 is 6.03 Å². The van der Waals surface area contributed by atoms with Gasteiger partial charge in [-0.05, 0) is 55.3 Å². The number of carbonyl (C=O) groups is 2. The lowest BCUT2D eigenvalue weighted by Crippen LogP contribution is -2.35. The van der Waals surface area contributed by atoms with E-state index < -0.39 is 5.91 Å². The monoisotopic (exact) mass is 431 g/mol. The summed E-state index contributed by atoms with van der Waals surface area (Å²) < 4.78 is 0.695. The second-order valence-corrected chi connectivity index (χ2v) is 7.44. The number of amides is 3. The molecule has 3 rings (SSSR count). The zero-order valence-corrected chi connectivity index (χ0v) is 16.5. The molecule has 3 amide bonds. The fourth-order valence-electron chi connectivity index (χ4n) is 3.01. The number of rotatable bonds is 3. The first-order valence-corrected chi connectivity index (χ1v) is 9.78. The van der Waals surface area contributed by atoms with Gasteiger partial charge < -0.3 is 20.6 Å². The first-order valence-electron chi connectivity index (χ1n) is 8.99. The van der Waals surface area contributed by atoms with Crippen molar-refractivity contribution in [3.63, 3.8) is 0 Å². The molecular formula is C20H22BrN3O3. The summed E-state index contributed by atoms with van der Waals surface area (Å²) in [6, 6.07) is 11.5. The lowest BCUT2D eigenvalue weighted by molar-refractivity contribution is 0.102. The Morgan fingerprint density at radius 2 is 1.48 bits per heavy atom. The van der Waals surface area contributed by atoms with Gasteiger partial charge in [0.25, 0.3) is 5.91 Å². The molecule has 1 aliphatic heterocycles. The van der Waals surface area contributed by atoms with Crippen LogP contribution in [0.2, 0.25) is 0 Å². The van der Waals surface area contributed by atoms with Gasteiger partial charge in [-0.3, -0.25) is 4.79 Å². The molecule has 0 aromatic heterocycles. The Kier molecular flexibility index (Phi) is 6.34. The number of urea groups is 1. The maximum absolute atomic E-state index is 12.3. The average Bonchev–Trinajstić information content (AvgIpc) is 2.92. The average molecular weight is 432 g/mol. The van der Waals surface area contributed by atoms with Crippen LogP contribution in [-0.2, 0) is 0 Å². The molecule has 0 bridgehead atoms. The van der Waals surface area contributed by atoms with E-state index in [1.54, 1.807) is 36.4 Å². The second kappa shape index (κ2) is 8.90.